The minimum absolute atomic E-state index is 0.161. The number of benzene rings is 2. The van der Waals surface area contributed by atoms with E-state index in [1.54, 1.807) is 54.6 Å². The van der Waals surface area contributed by atoms with Crippen LogP contribution < -0.4 is 4.74 Å². The normalized spacial score (nSPS) is 28.2. The first-order valence-electron chi connectivity index (χ1n) is 10.9. The Morgan fingerprint density at radius 1 is 1.03 bits per heavy atom. The lowest BCUT2D eigenvalue weighted by molar-refractivity contribution is -0.316. The van der Waals surface area contributed by atoms with Gasteiger partial charge in [0.15, 0.2) is 12.4 Å². The fourth-order valence-electron chi connectivity index (χ4n) is 3.83. The van der Waals surface area contributed by atoms with Gasteiger partial charge in [0.05, 0.1) is 13.7 Å². The summed E-state index contributed by atoms with van der Waals surface area (Å²) in [5, 5.41) is 0. The van der Waals surface area contributed by atoms with E-state index < -0.39 is 57.7 Å². The fourth-order valence-corrected chi connectivity index (χ4v) is 5.58. The smallest absolute Gasteiger partial charge is 0.497 e. The average molecular weight is 565 g/mol. The molecular weight excluding hydrogens is 541 g/mol. The second-order valence-electron chi connectivity index (χ2n) is 8.05. The highest BCUT2D eigenvalue weighted by molar-refractivity contribution is 7.99. The molecule has 0 radical (unpaired) electrons. The van der Waals surface area contributed by atoms with Crippen molar-refractivity contribution in [2.24, 2.45) is 0 Å². The van der Waals surface area contributed by atoms with Gasteiger partial charge in [0, 0.05) is 17.4 Å². The minimum Gasteiger partial charge on any atom is -0.497 e. The molecule has 0 aromatic heterocycles. The van der Waals surface area contributed by atoms with E-state index in [0.29, 0.717) is 16.2 Å². The number of esters is 1. The van der Waals surface area contributed by atoms with Gasteiger partial charge in [-0.1, -0.05) is 42.1 Å². The first kappa shape index (κ1) is 27.7. The summed E-state index contributed by atoms with van der Waals surface area (Å²) >= 11 is 1.03. The van der Waals surface area contributed by atoms with Gasteiger partial charge in [-0.15, -0.1) is 0 Å². The first-order valence-corrected chi connectivity index (χ1v) is 13.2. The molecular formula is C23H23F3O9S2. The molecule has 2 heterocycles. The Morgan fingerprint density at radius 2 is 1.70 bits per heavy atom. The fraction of sp³-hybridized carbons (Fsp3) is 0.435. The van der Waals surface area contributed by atoms with Gasteiger partial charge in [-0.2, -0.15) is 21.6 Å². The van der Waals surface area contributed by atoms with Crippen molar-refractivity contribution in [3.05, 3.63) is 60.2 Å². The van der Waals surface area contributed by atoms with Crippen molar-refractivity contribution in [3.63, 3.8) is 0 Å². The zero-order valence-corrected chi connectivity index (χ0v) is 21.1. The average Bonchev–Trinajstić information content (AvgIpc) is 2.85. The molecule has 4 rings (SSSR count). The third-order valence-electron chi connectivity index (χ3n) is 5.49. The molecule has 2 aliphatic rings. The van der Waals surface area contributed by atoms with E-state index in [9.17, 15) is 26.4 Å². The quantitative estimate of drug-likeness (QED) is 0.280. The van der Waals surface area contributed by atoms with E-state index in [1.807, 2.05) is 0 Å². The van der Waals surface area contributed by atoms with Crippen LogP contribution in [-0.4, -0.2) is 63.5 Å². The van der Waals surface area contributed by atoms with Crippen LogP contribution in [0.4, 0.5) is 13.2 Å². The zero-order valence-electron chi connectivity index (χ0n) is 19.5. The van der Waals surface area contributed by atoms with Gasteiger partial charge in [-0.3, -0.25) is 8.98 Å². The van der Waals surface area contributed by atoms with Crippen molar-refractivity contribution in [3.8, 4) is 5.75 Å². The van der Waals surface area contributed by atoms with Crippen molar-refractivity contribution in [2.75, 3.05) is 13.7 Å². The van der Waals surface area contributed by atoms with Gasteiger partial charge >= 0.3 is 21.6 Å². The van der Waals surface area contributed by atoms with E-state index in [2.05, 4.69) is 0 Å². The molecule has 0 saturated carbocycles. The third-order valence-corrected chi connectivity index (χ3v) is 7.69. The highest BCUT2D eigenvalue weighted by Crippen LogP contribution is 2.42. The van der Waals surface area contributed by atoms with Gasteiger partial charge in [0.2, 0.25) is 0 Å². The number of ether oxygens (including phenoxy) is 5. The number of alkyl halides is 3. The largest absolute Gasteiger partial charge is 0.523 e. The van der Waals surface area contributed by atoms with E-state index in [0.717, 1.165) is 18.7 Å². The van der Waals surface area contributed by atoms with Crippen LogP contribution in [0.3, 0.4) is 0 Å². The molecule has 2 saturated heterocycles. The van der Waals surface area contributed by atoms with Crippen LogP contribution in [-0.2, 0) is 38.0 Å². The molecule has 0 amide bonds. The summed E-state index contributed by atoms with van der Waals surface area (Å²) in [6.45, 7) is 0.878. The van der Waals surface area contributed by atoms with Gasteiger partial charge in [0.1, 0.15) is 29.5 Å². The van der Waals surface area contributed by atoms with Crippen molar-refractivity contribution >= 4 is 27.8 Å². The standard InChI is InChI=1S/C23H23F3O9S2/c1-13(27)32-20-19(35-37(28,29)23(24,25)26)18-17(33-22(20)36-16-6-4-3-5-7-16)12-31-21(34-18)14-8-10-15(30-2)11-9-14/h3-11,17-22H,12H2,1-2H3. The summed E-state index contributed by atoms with van der Waals surface area (Å²) in [5.74, 6) is -0.325. The Kier molecular flexibility index (Phi) is 8.35. The van der Waals surface area contributed by atoms with Crippen molar-refractivity contribution in [2.45, 2.75) is 53.5 Å². The number of fused-ring (bicyclic) bond motifs is 1. The molecule has 37 heavy (non-hydrogen) atoms. The number of carbonyl (C=O) groups excluding carboxylic acids is 1. The van der Waals surface area contributed by atoms with E-state index in [4.69, 9.17) is 27.9 Å². The molecule has 2 aliphatic heterocycles. The summed E-state index contributed by atoms with van der Waals surface area (Å²) in [6.07, 6.45) is -6.98. The van der Waals surface area contributed by atoms with Gasteiger partial charge in [-0.05, 0) is 24.3 Å². The maximum absolute atomic E-state index is 13.3. The Bertz CT molecular complexity index is 1180. The summed E-state index contributed by atoms with van der Waals surface area (Å²) in [5.41, 5.74) is -6.36. The van der Waals surface area contributed by atoms with Crippen molar-refractivity contribution < 1.29 is 54.3 Å². The van der Waals surface area contributed by atoms with Crippen LogP contribution >= 0.6 is 11.8 Å². The number of methoxy groups -OCH3 is 1. The molecule has 0 N–H and O–H groups in total. The van der Waals surface area contributed by atoms with E-state index in [-0.39, 0.29) is 6.61 Å². The first-order chi connectivity index (χ1) is 17.5. The number of halogens is 3. The zero-order chi connectivity index (χ0) is 26.8. The molecule has 202 valence electrons. The Balaban J connectivity index is 1.69. The Hall–Kier alpha value is -2.36. The topological polar surface area (TPSA) is 107 Å². The lowest BCUT2D eigenvalue weighted by Crippen LogP contribution is -2.63. The molecule has 14 heteroatoms. The molecule has 2 aromatic carbocycles. The SMILES string of the molecule is COc1ccc(C2OCC3OC(Sc4ccccc4)C(OC(C)=O)C(OS(=O)(=O)C(F)(F)F)C3O2)cc1. The van der Waals surface area contributed by atoms with Crippen LogP contribution in [0.15, 0.2) is 59.5 Å². The predicted octanol–water partition coefficient (Wildman–Crippen LogP) is 3.79. The number of hydrogen-bond acceptors (Lipinski definition) is 10. The minimum atomic E-state index is -6.10. The van der Waals surface area contributed by atoms with Crippen molar-refractivity contribution in [1.82, 2.24) is 0 Å². The van der Waals surface area contributed by atoms with E-state index >= 15 is 0 Å². The lowest BCUT2D eigenvalue weighted by Gasteiger charge is -2.48. The maximum atomic E-state index is 13.3. The molecule has 0 aliphatic carbocycles. The number of rotatable bonds is 7. The van der Waals surface area contributed by atoms with Crippen LogP contribution in [0.2, 0.25) is 0 Å². The lowest BCUT2D eigenvalue weighted by atomic mass is 9.98. The summed E-state index contributed by atoms with van der Waals surface area (Å²) in [6, 6.07) is 15.1. The van der Waals surface area contributed by atoms with Gasteiger partial charge in [0.25, 0.3) is 0 Å². The molecule has 6 atom stereocenters. The Labute approximate surface area is 215 Å². The second kappa shape index (κ2) is 11.2. The molecule has 0 bridgehead atoms. The predicted molar refractivity (Wildman–Crippen MR) is 123 cm³/mol. The van der Waals surface area contributed by atoms with Crippen LogP contribution in [0, 0.1) is 0 Å². The Morgan fingerprint density at radius 3 is 2.30 bits per heavy atom. The number of thioether (sulfide) groups is 1. The van der Waals surface area contributed by atoms with Gasteiger partial charge in [-0.25, -0.2) is 0 Å². The number of hydrogen-bond donors (Lipinski definition) is 0. The molecule has 6 unspecified atom stereocenters. The molecule has 0 spiro atoms. The van der Waals surface area contributed by atoms with Crippen LogP contribution in [0.25, 0.3) is 0 Å². The maximum Gasteiger partial charge on any atom is 0.523 e. The molecule has 2 aromatic rings. The van der Waals surface area contributed by atoms with Crippen LogP contribution in [0.1, 0.15) is 18.8 Å². The molecule has 2 fully saturated rings. The third kappa shape index (κ3) is 6.38. The highest BCUT2D eigenvalue weighted by Gasteiger charge is 2.58. The van der Waals surface area contributed by atoms with Crippen molar-refractivity contribution in [1.29, 1.82) is 0 Å². The monoisotopic (exact) mass is 564 g/mol. The second-order valence-corrected chi connectivity index (χ2v) is 10.8. The summed E-state index contributed by atoms with van der Waals surface area (Å²) in [4.78, 5) is 12.6. The summed E-state index contributed by atoms with van der Waals surface area (Å²) < 4.78 is 96.9. The highest BCUT2D eigenvalue weighted by atomic mass is 32.2. The van der Waals surface area contributed by atoms with Crippen LogP contribution in [0.5, 0.6) is 5.75 Å². The van der Waals surface area contributed by atoms with E-state index in [1.165, 1.54) is 7.11 Å². The summed E-state index contributed by atoms with van der Waals surface area (Å²) in [7, 11) is -4.62. The molecule has 9 nitrogen and oxygen atoms in total. The van der Waals surface area contributed by atoms with Gasteiger partial charge < -0.3 is 23.7 Å². The number of carbonyl (C=O) groups is 1.